The molecule has 0 aliphatic carbocycles. The molecule has 1 aliphatic heterocycles. The van der Waals surface area contributed by atoms with Gasteiger partial charge in [0.15, 0.2) is 0 Å². The lowest BCUT2D eigenvalue weighted by Gasteiger charge is -2.37. The lowest BCUT2D eigenvalue weighted by molar-refractivity contribution is 0.0698. The number of hydrogen-bond acceptors (Lipinski definition) is 4. The number of nitrogens with one attached hydrogen (secondary N) is 1. The molecule has 1 saturated heterocycles. The van der Waals surface area contributed by atoms with Crippen LogP contribution in [0.1, 0.15) is 26.3 Å². The molecule has 7 heteroatoms. The van der Waals surface area contributed by atoms with E-state index < -0.39 is 5.97 Å². The molecule has 4 rings (SSSR count). The number of nitrogens with zero attached hydrogens (tertiary/aromatic N) is 2. The summed E-state index contributed by atoms with van der Waals surface area (Å²) in [6.07, 6.45) is 0. The van der Waals surface area contributed by atoms with Gasteiger partial charge in [-0.05, 0) is 49.4 Å². The number of rotatable bonds is 5. The summed E-state index contributed by atoms with van der Waals surface area (Å²) >= 11 is 6.32. The lowest BCUT2D eigenvalue weighted by atomic mass is 10.1. The summed E-state index contributed by atoms with van der Waals surface area (Å²) in [6.45, 7) is 4.92. The summed E-state index contributed by atoms with van der Waals surface area (Å²) in [6, 6.07) is 20.1. The van der Waals surface area contributed by atoms with Crippen molar-refractivity contribution in [1.29, 1.82) is 0 Å². The SMILES string of the molecule is Cc1cccc(C(=O)Nc2ccc(N3CCN(c4ccccc4Cl)CC3)cc2C(=O)O)c1. The maximum absolute atomic E-state index is 12.6. The monoisotopic (exact) mass is 449 g/mol. The van der Waals surface area contributed by atoms with Crippen LogP contribution in [0.3, 0.4) is 0 Å². The summed E-state index contributed by atoms with van der Waals surface area (Å²) < 4.78 is 0. The number of carboxylic acids is 1. The zero-order valence-corrected chi connectivity index (χ0v) is 18.5. The molecule has 0 aromatic heterocycles. The molecule has 0 saturated carbocycles. The minimum Gasteiger partial charge on any atom is -0.478 e. The number of carbonyl (C=O) groups is 2. The fourth-order valence-corrected chi connectivity index (χ4v) is 4.16. The minimum absolute atomic E-state index is 0.0667. The number of hydrogen-bond donors (Lipinski definition) is 2. The Morgan fingerprint density at radius 2 is 1.62 bits per heavy atom. The highest BCUT2D eigenvalue weighted by atomic mass is 35.5. The zero-order chi connectivity index (χ0) is 22.7. The first-order valence-electron chi connectivity index (χ1n) is 10.4. The van der Waals surface area contributed by atoms with E-state index in [9.17, 15) is 14.7 Å². The Kier molecular flexibility index (Phi) is 6.32. The van der Waals surface area contributed by atoms with Crippen LogP contribution in [0.2, 0.25) is 5.02 Å². The second kappa shape index (κ2) is 9.32. The Morgan fingerprint density at radius 1 is 0.906 bits per heavy atom. The largest absolute Gasteiger partial charge is 0.478 e. The molecule has 3 aromatic carbocycles. The highest BCUT2D eigenvalue weighted by Crippen LogP contribution is 2.29. The van der Waals surface area contributed by atoms with Crippen LogP contribution < -0.4 is 15.1 Å². The minimum atomic E-state index is -1.08. The van der Waals surface area contributed by atoms with E-state index in [4.69, 9.17) is 11.6 Å². The van der Waals surface area contributed by atoms with Gasteiger partial charge < -0.3 is 20.2 Å². The van der Waals surface area contributed by atoms with Gasteiger partial charge in [-0.2, -0.15) is 0 Å². The first kappa shape index (κ1) is 21.7. The molecule has 0 radical (unpaired) electrons. The second-order valence-corrected chi connectivity index (χ2v) is 8.19. The molecule has 0 spiro atoms. The van der Waals surface area contributed by atoms with Gasteiger partial charge in [-0.15, -0.1) is 0 Å². The van der Waals surface area contributed by atoms with Gasteiger partial charge in [0.05, 0.1) is 22.0 Å². The Bertz CT molecular complexity index is 1160. The quantitative estimate of drug-likeness (QED) is 0.578. The van der Waals surface area contributed by atoms with Crippen molar-refractivity contribution in [1.82, 2.24) is 0 Å². The van der Waals surface area contributed by atoms with E-state index in [-0.39, 0.29) is 17.2 Å². The molecule has 1 fully saturated rings. The van der Waals surface area contributed by atoms with E-state index in [1.807, 2.05) is 43.3 Å². The molecule has 6 nitrogen and oxygen atoms in total. The summed E-state index contributed by atoms with van der Waals surface area (Å²) in [5.41, 5.74) is 3.62. The number of anilines is 3. The van der Waals surface area contributed by atoms with E-state index in [2.05, 4.69) is 15.1 Å². The highest BCUT2D eigenvalue weighted by Gasteiger charge is 2.21. The molecule has 1 heterocycles. The third-order valence-corrected chi connectivity index (χ3v) is 5.92. The van der Waals surface area contributed by atoms with Gasteiger partial charge in [0, 0.05) is 37.4 Å². The number of benzene rings is 3. The average Bonchev–Trinajstić information content (AvgIpc) is 2.79. The first-order chi connectivity index (χ1) is 15.4. The van der Waals surface area contributed by atoms with E-state index in [0.29, 0.717) is 5.56 Å². The number of amides is 1. The fourth-order valence-electron chi connectivity index (χ4n) is 3.91. The van der Waals surface area contributed by atoms with E-state index >= 15 is 0 Å². The first-order valence-corrected chi connectivity index (χ1v) is 10.8. The number of piperazine rings is 1. The van der Waals surface area contributed by atoms with Crippen molar-refractivity contribution in [3.8, 4) is 0 Å². The average molecular weight is 450 g/mol. The standard InChI is InChI=1S/C25H24ClN3O3/c1-17-5-4-6-18(15-17)24(30)27-22-10-9-19(16-20(22)25(31)32)28-11-13-29(14-12-28)23-8-3-2-7-21(23)26/h2-10,15-16H,11-14H2,1H3,(H,27,30)(H,31,32). The third kappa shape index (κ3) is 4.70. The van der Waals surface area contributed by atoms with Crippen LogP contribution in [0.15, 0.2) is 66.7 Å². The molecule has 1 aliphatic rings. The number of halogens is 1. The summed E-state index contributed by atoms with van der Waals surface area (Å²) in [5.74, 6) is -1.42. The molecule has 0 atom stereocenters. The van der Waals surface area contributed by atoms with Crippen LogP contribution in [-0.4, -0.2) is 43.2 Å². The predicted molar refractivity (Wildman–Crippen MR) is 128 cm³/mol. The normalized spacial score (nSPS) is 13.7. The van der Waals surface area contributed by atoms with Gasteiger partial charge in [-0.1, -0.05) is 41.4 Å². The van der Waals surface area contributed by atoms with Gasteiger partial charge in [-0.3, -0.25) is 4.79 Å². The van der Waals surface area contributed by atoms with Crippen LogP contribution in [0, 0.1) is 6.92 Å². The Morgan fingerprint density at radius 3 is 2.31 bits per heavy atom. The molecular weight excluding hydrogens is 426 g/mol. The van der Waals surface area contributed by atoms with E-state index in [1.165, 1.54) is 0 Å². The van der Waals surface area contributed by atoms with Crippen LogP contribution in [-0.2, 0) is 0 Å². The molecular formula is C25H24ClN3O3. The fraction of sp³-hybridized carbons (Fsp3) is 0.200. The zero-order valence-electron chi connectivity index (χ0n) is 17.7. The Hall–Kier alpha value is -3.51. The van der Waals surface area contributed by atoms with Gasteiger partial charge in [0.1, 0.15) is 0 Å². The van der Waals surface area contributed by atoms with Crippen molar-refractivity contribution < 1.29 is 14.7 Å². The van der Waals surface area contributed by atoms with Crippen molar-refractivity contribution in [3.05, 3.63) is 88.4 Å². The maximum atomic E-state index is 12.6. The number of para-hydroxylation sites is 1. The number of aromatic carboxylic acids is 1. The topological polar surface area (TPSA) is 72.9 Å². The van der Waals surface area contributed by atoms with Gasteiger partial charge in [-0.25, -0.2) is 4.79 Å². The second-order valence-electron chi connectivity index (χ2n) is 7.78. The molecule has 0 unspecified atom stereocenters. The van der Waals surface area contributed by atoms with Gasteiger partial charge in [0.25, 0.3) is 5.91 Å². The van der Waals surface area contributed by atoms with Crippen LogP contribution >= 0.6 is 11.6 Å². The predicted octanol–water partition coefficient (Wildman–Crippen LogP) is 4.93. The van der Waals surface area contributed by atoms with E-state index in [1.54, 1.807) is 30.3 Å². The Labute approximate surface area is 192 Å². The lowest BCUT2D eigenvalue weighted by Crippen LogP contribution is -2.46. The van der Waals surface area contributed by atoms with Crippen molar-refractivity contribution in [3.63, 3.8) is 0 Å². The van der Waals surface area contributed by atoms with Gasteiger partial charge >= 0.3 is 5.97 Å². The maximum Gasteiger partial charge on any atom is 0.337 e. The van der Waals surface area contributed by atoms with Crippen molar-refractivity contribution >= 4 is 40.5 Å². The van der Waals surface area contributed by atoms with Crippen LogP contribution in [0.25, 0.3) is 0 Å². The summed E-state index contributed by atoms with van der Waals surface area (Å²) in [5, 5.41) is 13.2. The molecule has 32 heavy (non-hydrogen) atoms. The molecule has 3 aromatic rings. The van der Waals surface area contributed by atoms with Crippen molar-refractivity contribution in [2.24, 2.45) is 0 Å². The summed E-state index contributed by atoms with van der Waals surface area (Å²) in [4.78, 5) is 28.9. The smallest absolute Gasteiger partial charge is 0.337 e. The third-order valence-electron chi connectivity index (χ3n) is 5.60. The highest BCUT2D eigenvalue weighted by molar-refractivity contribution is 6.33. The summed E-state index contributed by atoms with van der Waals surface area (Å²) in [7, 11) is 0. The van der Waals surface area contributed by atoms with Crippen molar-refractivity contribution in [2.45, 2.75) is 6.92 Å². The number of carboxylic acid groups (broad SMARTS) is 1. The van der Waals surface area contributed by atoms with Gasteiger partial charge in [0.2, 0.25) is 0 Å². The van der Waals surface area contributed by atoms with Crippen LogP contribution in [0.5, 0.6) is 0 Å². The molecule has 164 valence electrons. The van der Waals surface area contributed by atoms with Crippen LogP contribution in [0.4, 0.5) is 17.1 Å². The number of aryl methyl sites for hydroxylation is 1. The van der Waals surface area contributed by atoms with Crippen molar-refractivity contribution in [2.75, 3.05) is 41.3 Å². The molecule has 1 amide bonds. The van der Waals surface area contributed by atoms with E-state index in [0.717, 1.165) is 48.1 Å². The molecule has 0 bridgehead atoms. The Balaban J connectivity index is 1.49. The number of carbonyl (C=O) groups excluding carboxylic acids is 1. The molecule has 2 N–H and O–H groups in total.